The van der Waals surface area contributed by atoms with Crippen LogP contribution in [-0.4, -0.2) is 21.6 Å². The van der Waals surface area contributed by atoms with Gasteiger partial charge in [-0.2, -0.15) is 16.7 Å². The van der Waals surface area contributed by atoms with Crippen LogP contribution in [0.5, 0.6) is 0 Å². The van der Waals surface area contributed by atoms with Crippen LogP contribution in [0.3, 0.4) is 0 Å². The van der Waals surface area contributed by atoms with Crippen molar-refractivity contribution in [3.05, 3.63) is 11.7 Å². The Labute approximate surface area is 87.6 Å². The highest BCUT2D eigenvalue weighted by Crippen LogP contribution is 2.29. The molecule has 78 valence electrons. The Morgan fingerprint density at radius 2 is 2.21 bits per heavy atom. The summed E-state index contributed by atoms with van der Waals surface area (Å²) in [6.45, 7) is 1.86. The van der Waals surface area contributed by atoms with Gasteiger partial charge >= 0.3 is 0 Å². The van der Waals surface area contributed by atoms with Crippen molar-refractivity contribution in [2.45, 2.75) is 31.7 Å². The lowest BCUT2D eigenvalue weighted by Gasteiger charge is -2.17. The van der Waals surface area contributed by atoms with Crippen molar-refractivity contribution < 1.29 is 4.52 Å². The minimum atomic E-state index is -0.158. The van der Waals surface area contributed by atoms with Gasteiger partial charge in [-0.15, -0.1) is 0 Å². The van der Waals surface area contributed by atoms with Gasteiger partial charge in [-0.1, -0.05) is 5.16 Å². The van der Waals surface area contributed by atoms with Crippen molar-refractivity contribution in [3.8, 4) is 0 Å². The molecular formula is C9H15N3OS. The van der Waals surface area contributed by atoms with E-state index in [1.54, 1.807) is 0 Å². The van der Waals surface area contributed by atoms with E-state index in [1.807, 2.05) is 18.7 Å². The molecule has 0 radical (unpaired) electrons. The lowest BCUT2D eigenvalue weighted by molar-refractivity contribution is 0.353. The molecule has 14 heavy (non-hydrogen) atoms. The third-order valence-electron chi connectivity index (χ3n) is 2.43. The summed E-state index contributed by atoms with van der Waals surface area (Å²) in [5, 5.41) is 3.99. The SMILES string of the molecule is C[C@@H](N)c1nc(C2CCSCC2)no1. The maximum Gasteiger partial charge on any atom is 0.243 e. The van der Waals surface area contributed by atoms with E-state index in [4.69, 9.17) is 10.3 Å². The Bertz CT molecular complexity index is 294. The number of aromatic nitrogens is 2. The Morgan fingerprint density at radius 1 is 1.50 bits per heavy atom. The molecule has 1 aliphatic heterocycles. The van der Waals surface area contributed by atoms with Crippen molar-refractivity contribution in [1.82, 2.24) is 10.1 Å². The number of hydrogen-bond donors (Lipinski definition) is 1. The average Bonchev–Trinajstić information content (AvgIpc) is 2.68. The molecule has 1 saturated heterocycles. The summed E-state index contributed by atoms with van der Waals surface area (Å²) in [4.78, 5) is 4.32. The molecular weight excluding hydrogens is 198 g/mol. The first-order valence-corrected chi connectivity index (χ1v) is 6.09. The highest BCUT2D eigenvalue weighted by Gasteiger charge is 2.21. The van der Waals surface area contributed by atoms with E-state index in [9.17, 15) is 0 Å². The van der Waals surface area contributed by atoms with Gasteiger partial charge in [-0.25, -0.2) is 0 Å². The van der Waals surface area contributed by atoms with Crippen molar-refractivity contribution in [2.24, 2.45) is 5.73 Å². The second-order valence-electron chi connectivity index (χ2n) is 3.67. The van der Waals surface area contributed by atoms with Crippen LogP contribution in [0.2, 0.25) is 0 Å². The van der Waals surface area contributed by atoms with E-state index in [0.717, 1.165) is 18.7 Å². The number of nitrogens with zero attached hydrogens (tertiary/aromatic N) is 2. The van der Waals surface area contributed by atoms with Crippen molar-refractivity contribution in [3.63, 3.8) is 0 Å². The topological polar surface area (TPSA) is 64.9 Å². The molecule has 1 aromatic rings. The summed E-state index contributed by atoms with van der Waals surface area (Å²) in [7, 11) is 0. The molecule has 0 spiro atoms. The molecule has 0 unspecified atom stereocenters. The summed E-state index contributed by atoms with van der Waals surface area (Å²) < 4.78 is 5.09. The minimum Gasteiger partial charge on any atom is -0.338 e. The third-order valence-corrected chi connectivity index (χ3v) is 3.48. The Hall–Kier alpha value is -0.550. The molecule has 0 aliphatic carbocycles. The fraction of sp³-hybridized carbons (Fsp3) is 0.778. The lowest BCUT2D eigenvalue weighted by atomic mass is 10.0. The molecule has 5 heteroatoms. The summed E-state index contributed by atoms with van der Waals surface area (Å²) >= 11 is 2.00. The Morgan fingerprint density at radius 3 is 2.79 bits per heavy atom. The molecule has 0 amide bonds. The van der Waals surface area contributed by atoms with Gasteiger partial charge in [-0.05, 0) is 31.3 Å². The first-order valence-electron chi connectivity index (χ1n) is 4.94. The molecule has 4 nitrogen and oxygen atoms in total. The first kappa shape index (κ1) is 9.98. The van der Waals surface area contributed by atoms with Gasteiger partial charge in [0.05, 0.1) is 6.04 Å². The zero-order valence-electron chi connectivity index (χ0n) is 8.27. The molecule has 0 bridgehead atoms. The zero-order chi connectivity index (χ0) is 9.97. The Balaban J connectivity index is 2.07. The summed E-state index contributed by atoms with van der Waals surface area (Å²) in [5.41, 5.74) is 5.66. The van der Waals surface area contributed by atoms with Gasteiger partial charge in [0.2, 0.25) is 5.89 Å². The van der Waals surface area contributed by atoms with Gasteiger partial charge in [0, 0.05) is 5.92 Å². The van der Waals surface area contributed by atoms with Crippen LogP contribution in [0.4, 0.5) is 0 Å². The van der Waals surface area contributed by atoms with E-state index in [2.05, 4.69) is 10.1 Å². The summed E-state index contributed by atoms with van der Waals surface area (Å²) in [6, 6.07) is -0.158. The van der Waals surface area contributed by atoms with E-state index in [-0.39, 0.29) is 6.04 Å². The molecule has 2 N–H and O–H groups in total. The van der Waals surface area contributed by atoms with E-state index < -0.39 is 0 Å². The average molecular weight is 213 g/mol. The van der Waals surface area contributed by atoms with Crippen LogP contribution in [-0.2, 0) is 0 Å². The number of thioether (sulfide) groups is 1. The molecule has 2 heterocycles. The standard InChI is InChI=1S/C9H15N3OS/c1-6(10)9-11-8(12-13-9)7-2-4-14-5-3-7/h6-7H,2-5,10H2,1H3/t6-/m1/s1. The fourth-order valence-electron chi connectivity index (χ4n) is 1.55. The van der Waals surface area contributed by atoms with Crippen LogP contribution >= 0.6 is 11.8 Å². The van der Waals surface area contributed by atoms with Crippen LogP contribution < -0.4 is 5.73 Å². The van der Waals surface area contributed by atoms with Gasteiger partial charge in [0.15, 0.2) is 5.82 Å². The highest BCUT2D eigenvalue weighted by atomic mass is 32.2. The molecule has 1 aliphatic rings. The van der Waals surface area contributed by atoms with E-state index >= 15 is 0 Å². The maximum atomic E-state index is 5.66. The molecule has 2 rings (SSSR count). The summed E-state index contributed by atoms with van der Waals surface area (Å²) in [6.07, 6.45) is 2.31. The minimum absolute atomic E-state index is 0.158. The second kappa shape index (κ2) is 4.31. The van der Waals surface area contributed by atoms with Gasteiger partial charge in [0.1, 0.15) is 0 Å². The maximum absolute atomic E-state index is 5.66. The van der Waals surface area contributed by atoms with Crippen LogP contribution in [0, 0.1) is 0 Å². The quantitative estimate of drug-likeness (QED) is 0.810. The molecule has 0 saturated carbocycles. The third kappa shape index (κ3) is 2.09. The molecule has 1 atom stereocenters. The first-order chi connectivity index (χ1) is 6.77. The lowest BCUT2D eigenvalue weighted by Crippen LogP contribution is -2.10. The number of nitrogens with two attached hydrogens (primary N) is 1. The largest absolute Gasteiger partial charge is 0.338 e. The number of rotatable bonds is 2. The van der Waals surface area contributed by atoms with Crippen molar-refractivity contribution in [1.29, 1.82) is 0 Å². The molecule has 1 fully saturated rings. The van der Waals surface area contributed by atoms with Crippen molar-refractivity contribution in [2.75, 3.05) is 11.5 Å². The monoisotopic (exact) mass is 213 g/mol. The molecule has 1 aromatic heterocycles. The van der Waals surface area contributed by atoms with Gasteiger partial charge in [0.25, 0.3) is 0 Å². The normalized spacial score (nSPS) is 21.0. The second-order valence-corrected chi connectivity index (χ2v) is 4.89. The highest BCUT2D eigenvalue weighted by molar-refractivity contribution is 7.99. The van der Waals surface area contributed by atoms with E-state index in [0.29, 0.717) is 11.8 Å². The predicted octanol–water partition coefficient (Wildman–Crippen LogP) is 1.70. The summed E-state index contributed by atoms with van der Waals surface area (Å²) in [5.74, 6) is 4.28. The molecule has 0 aromatic carbocycles. The van der Waals surface area contributed by atoms with Crippen LogP contribution in [0.1, 0.15) is 43.4 Å². The van der Waals surface area contributed by atoms with Gasteiger partial charge < -0.3 is 10.3 Å². The van der Waals surface area contributed by atoms with E-state index in [1.165, 1.54) is 11.5 Å². The predicted molar refractivity (Wildman–Crippen MR) is 56.2 cm³/mol. The smallest absolute Gasteiger partial charge is 0.243 e. The fourth-order valence-corrected chi connectivity index (χ4v) is 2.66. The van der Waals surface area contributed by atoms with Crippen molar-refractivity contribution >= 4 is 11.8 Å². The van der Waals surface area contributed by atoms with Crippen LogP contribution in [0.15, 0.2) is 4.52 Å². The number of hydrogen-bond acceptors (Lipinski definition) is 5. The van der Waals surface area contributed by atoms with Crippen LogP contribution in [0.25, 0.3) is 0 Å². The Kier molecular flexibility index (Phi) is 3.08. The zero-order valence-corrected chi connectivity index (χ0v) is 9.09. The van der Waals surface area contributed by atoms with Gasteiger partial charge in [-0.3, -0.25) is 0 Å².